The molecule has 0 amide bonds. The summed E-state index contributed by atoms with van der Waals surface area (Å²) in [5.41, 5.74) is 2.00. The number of tetrazole rings is 2. The van der Waals surface area contributed by atoms with E-state index < -0.39 is 0 Å². The van der Waals surface area contributed by atoms with Crippen LogP contribution in [-0.4, -0.2) is 112 Å². The maximum atomic E-state index is 4.96. The number of benzene rings is 2. The molecule has 0 radical (unpaired) electrons. The molecule has 0 N–H and O–H groups in total. The van der Waals surface area contributed by atoms with Gasteiger partial charge in [0.15, 0.2) is 11.6 Å². The molecule has 0 saturated carbocycles. The average molecular weight is 793 g/mol. The van der Waals surface area contributed by atoms with Crippen LogP contribution in [-0.2, 0) is 35.2 Å². The molecule has 5 heterocycles. The summed E-state index contributed by atoms with van der Waals surface area (Å²) in [7, 11) is 0. The summed E-state index contributed by atoms with van der Waals surface area (Å²) in [4.78, 5) is 10.8. The first-order chi connectivity index (χ1) is 27.4. The van der Waals surface area contributed by atoms with E-state index in [0.717, 1.165) is 116 Å². The first-order valence-electron chi connectivity index (χ1n) is 22.0. The summed E-state index contributed by atoms with van der Waals surface area (Å²) in [6, 6.07) is 21.8. The fourth-order valence-electron chi connectivity index (χ4n) is 11.3. The summed E-state index contributed by atoms with van der Waals surface area (Å²) < 4.78 is 4.40. The largest absolute Gasteiger partial charge is 0.299 e. The van der Waals surface area contributed by atoms with E-state index >= 15 is 0 Å². The fourth-order valence-corrected chi connectivity index (χ4v) is 11.3. The molecule has 0 bridgehead atoms. The minimum Gasteiger partial charge on any atom is -0.299 e. The second-order valence-corrected chi connectivity index (χ2v) is 21.5. The van der Waals surface area contributed by atoms with Gasteiger partial charge in [-0.2, -0.15) is 0 Å². The Morgan fingerprint density at radius 1 is 0.466 bits per heavy atom. The number of aromatic nitrogens is 8. The summed E-state index contributed by atoms with van der Waals surface area (Å²) >= 11 is 0. The molecule has 12 heteroatoms. The van der Waals surface area contributed by atoms with Crippen LogP contribution >= 0.6 is 0 Å². The molecule has 3 aliphatic rings. The quantitative estimate of drug-likeness (QED) is 0.145. The van der Waals surface area contributed by atoms with Crippen molar-refractivity contribution in [2.24, 2.45) is 10.8 Å². The van der Waals surface area contributed by atoms with Gasteiger partial charge in [-0.15, -0.1) is 10.2 Å². The molecule has 2 aromatic carbocycles. The Morgan fingerprint density at radius 3 is 1.10 bits per heavy atom. The molecular weight excluding hydrogens is 721 g/mol. The average Bonchev–Trinajstić information content (AvgIpc) is 3.88. The molecule has 3 aliphatic heterocycles. The summed E-state index contributed by atoms with van der Waals surface area (Å²) in [6.07, 6.45) is 5.92. The second kappa shape index (κ2) is 16.5. The first-order valence-corrected chi connectivity index (χ1v) is 22.0. The van der Waals surface area contributed by atoms with E-state index in [-0.39, 0.29) is 33.0 Å². The van der Waals surface area contributed by atoms with Crippen LogP contribution in [0.1, 0.15) is 131 Å². The normalized spacial score (nSPS) is 20.7. The standard InChI is InChI=1S/C46H72N12/c1-41(2,3)35-43(7,8)57-39(47-49-51-57)45(21-25-53(26-22-45)33-37-17-13-11-14-18-37)55-29-31-56(32-30-55)46(23-27-54(28-24-46)34-38-19-15-12-16-20-38)40-48-50-52-58(40)44(9,10)36-42(4,5)6/h11-20H,21-36H2,1-10H3. The number of hydrogen-bond donors (Lipinski definition) is 0. The number of hydrogen-bond acceptors (Lipinski definition) is 10. The molecule has 316 valence electrons. The van der Waals surface area contributed by atoms with E-state index in [1.807, 2.05) is 0 Å². The minimum absolute atomic E-state index is 0.131. The lowest BCUT2D eigenvalue weighted by molar-refractivity contribution is -0.0710. The minimum atomic E-state index is -0.263. The van der Waals surface area contributed by atoms with Gasteiger partial charge in [0.05, 0.1) is 22.2 Å². The summed E-state index contributed by atoms with van der Waals surface area (Å²) in [6.45, 7) is 32.8. The van der Waals surface area contributed by atoms with Gasteiger partial charge in [0, 0.05) is 65.4 Å². The lowest BCUT2D eigenvalue weighted by atomic mass is 9.79. The Balaban J connectivity index is 1.18. The highest BCUT2D eigenvalue weighted by Crippen LogP contribution is 2.45. The number of piperidine rings is 2. The Labute approximate surface area is 348 Å². The van der Waals surface area contributed by atoms with Crippen molar-refractivity contribution in [3.8, 4) is 0 Å². The van der Waals surface area contributed by atoms with Crippen LogP contribution in [0, 0.1) is 10.8 Å². The monoisotopic (exact) mass is 793 g/mol. The van der Waals surface area contributed by atoms with Crippen molar-refractivity contribution in [3.05, 3.63) is 83.4 Å². The third-order valence-electron chi connectivity index (χ3n) is 13.2. The first kappa shape index (κ1) is 42.5. The van der Waals surface area contributed by atoms with Crippen molar-refractivity contribution >= 4 is 0 Å². The Kier molecular flexibility index (Phi) is 12.1. The molecule has 0 aliphatic carbocycles. The molecule has 0 spiro atoms. The van der Waals surface area contributed by atoms with E-state index in [0.29, 0.717) is 0 Å². The predicted octanol–water partition coefficient (Wildman–Crippen LogP) is 7.30. The van der Waals surface area contributed by atoms with Crippen LogP contribution in [0.5, 0.6) is 0 Å². The smallest absolute Gasteiger partial charge is 0.172 e. The van der Waals surface area contributed by atoms with Crippen LogP contribution in [0.4, 0.5) is 0 Å². The molecule has 3 saturated heterocycles. The number of rotatable bonds is 12. The second-order valence-electron chi connectivity index (χ2n) is 21.5. The Hall–Kier alpha value is -3.58. The fraction of sp³-hybridized carbons (Fsp3) is 0.696. The maximum Gasteiger partial charge on any atom is 0.172 e. The zero-order chi connectivity index (χ0) is 41.4. The highest BCUT2D eigenvalue weighted by molar-refractivity contribution is 5.19. The Bertz CT molecular complexity index is 1750. The van der Waals surface area contributed by atoms with Gasteiger partial charge in [-0.05, 0) is 109 Å². The van der Waals surface area contributed by atoms with E-state index in [1.54, 1.807) is 0 Å². The van der Waals surface area contributed by atoms with Crippen molar-refractivity contribution in [3.63, 3.8) is 0 Å². The molecule has 0 unspecified atom stereocenters. The molecule has 4 aromatic rings. The lowest BCUT2D eigenvalue weighted by Crippen LogP contribution is -2.64. The molecule has 3 fully saturated rings. The molecule has 0 atom stereocenters. The van der Waals surface area contributed by atoms with E-state index in [4.69, 9.17) is 20.6 Å². The Morgan fingerprint density at radius 2 is 0.793 bits per heavy atom. The number of likely N-dealkylation sites (tertiary alicyclic amines) is 2. The van der Waals surface area contributed by atoms with Crippen molar-refractivity contribution in [1.29, 1.82) is 0 Å². The van der Waals surface area contributed by atoms with E-state index in [2.05, 4.69) is 169 Å². The van der Waals surface area contributed by atoms with Crippen LogP contribution in [0.25, 0.3) is 0 Å². The van der Waals surface area contributed by atoms with Gasteiger partial charge in [0.25, 0.3) is 0 Å². The molecular formula is C46H72N12. The summed E-state index contributed by atoms with van der Waals surface area (Å²) in [5, 5.41) is 28.3. The third-order valence-corrected chi connectivity index (χ3v) is 13.2. The van der Waals surface area contributed by atoms with Crippen LogP contribution in [0.3, 0.4) is 0 Å². The lowest BCUT2D eigenvalue weighted by Gasteiger charge is -2.55. The van der Waals surface area contributed by atoms with Crippen LogP contribution < -0.4 is 0 Å². The zero-order valence-corrected chi connectivity index (χ0v) is 37.5. The van der Waals surface area contributed by atoms with Gasteiger partial charge >= 0.3 is 0 Å². The zero-order valence-electron chi connectivity index (χ0n) is 37.5. The maximum absolute atomic E-state index is 4.96. The van der Waals surface area contributed by atoms with Crippen molar-refractivity contribution in [1.82, 2.24) is 60.0 Å². The van der Waals surface area contributed by atoms with E-state index in [9.17, 15) is 0 Å². The van der Waals surface area contributed by atoms with E-state index in [1.165, 1.54) is 11.1 Å². The molecule has 7 rings (SSSR count). The SMILES string of the molecule is CC(C)(C)CC(C)(C)n1nnnc1C1(N2CCN(C3(c4nnnn4C(C)(C)CC(C)(C)C)CCN(Cc4ccccc4)CC3)CC2)CCN(Cc2ccccc2)CC1. The van der Waals surface area contributed by atoms with Gasteiger partial charge in [-0.1, -0.05) is 102 Å². The topological polar surface area (TPSA) is 100 Å². The third kappa shape index (κ3) is 9.25. The number of nitrogens with zero attached hydrogens (tertiary/aromatic N) is 12. The number of piperazine rings is 1. The predicted molar refractivity (Wildman–Crippen MR) is 231 cm³/mol. The molecule has 2 aromatic heterocycles. The van der Waals surface area contributed by atoms with Gasteiger partial charge < -0.3 is 0 Å². The van der Waals surface area contributed by atoms with Gasteiger partial charge in [-0.3, -0.25) is 19.6 Å². The van der Waals surface area contributed by atoms with Gasteiger partial charge in [0.2, 0.25) is 0 Å². The molecule has 58 heavy (non-hydrogen) atoms. The van der Waals surface area contributed by atoms with Crippen molar-refractivity contribution < 1.29 is 0 Å². The highest BCUT2D eigenvalue weighted by atomic mass is 15.6. The highest BCUT2D eigenvalue weighted by Gasteiger charge is 2.52. The van der Waals surface area contributed by atoms with Crippen molar-refractivity contribution in [2.45, 2.75) is 143 Å². The van der Waals surface area contributed by atoms with Crippen LogP contribution in [0.15, 0.2) is 60.7 Å². The van der Waals surface area contributed by atoms with Gasteiger partial charge in [0.1, 0.15) is 0 Å². The van der Waals surface area contributed by atoms with Crippen molar-refractivity contribution in [2.75, 3.05) is 52.4 Å². The van der Waals surface area contributed by atoms with Gasteiger partial charge in [-0.25, -0.2) is 9.36 Å². The summed E-state index contributed by atoms with van der Waals surface area (Å²) in [5.74, 6) is 2.07. The molecule has 12 nitrogen and oxygen atoms in total. The van der Waals surface area contributed by atoms with Crippen LogP contribution in [0.2, 0.25) is 0 Å².